The van der Waals surface area contributed by atoms with Gasteiger partial charge in [-0.3, -0.25) is 0 Å². The minimum atomic E-state index is -0.656. The molecule has 0 aliphatic rings. The molecule has 1 unspecified atom stereocenters. The Morgan fingerprint density at radius 1 is 1.42 bits per heavy atom. The first kappa shape index (κ1) is 8.90. The first-order valence-electron chi connectivity index (χ1n) is 3.61. The molecule has 0 aliphatic carbocycles. The topological polar surface area (TPSA) is 46.5 Å². The van der Waals surface area contributed by atoms with E-state index in [1.165, 1.54) is 0 Å². The standard InChI is InChI=1S/C9H10O3/c10-6-9(12-7-11)8-4-2-1-3-5-8/h1-6,9,11H,7H2. The van der Waals surface area contributed by atoms with Crippen LogP contribution in [0, 0.1) is 0 Å². The summed E-state index contributed by atoms with van der Waals surface area (Å²) in [6.45, 7) is -0.446. The Morgan fingerprint density at radius 2 is 2.08 bits per heavy atom. The van der Waals surface area contributed by atoms with Crippen LogP contribution in [0.3, 0.4) is 0 Å². The summed E-state index contributed by atoms with van der Waals surface area (Å²) in [4.78, 5) is 10.5. The minimum absolute atomic E-state index is 0.446. The van der Waals surface area contributed by atoms with Crippen LogP contribution in [-0.4, -0.2) is 18.2 Å². The lowest BCUT2D eigenvalue weighted by Crippen LogP contribution is -2.05. The van der Waals surface area contributed by atoms with Crippen molar-refractivity contribution < 1.29 is 14.6 Å². The fourth-order valence-corrected chi connectivity index (χ4v) is 0.937. The van der Waals surface area contributed by atoms with Gasteiger partial charge in [-0.25, -0.2) is 0 Å². The lowest BCUT2D eigenvalue weighted by atomic mass is 10.1. The van der Waals surface area contributed by atoms with E-state index in [-0.39, 0.29) is 0 Å². The van der Waals surface area contributed by atoms with Crippen LogP contribution in [0.5, 0.6) is 0 Å². The summed E-state index contributed by atoms with van der Waals surface area (Å²) >= 11 is 0. The molecule has 0 saturated carbocycles. The third-order valence-corrected chi connectivity index (χ3v) is 1.51. The number of aliphatic hydroxyl groups excluding tert-OH is 1. The quantitative estimate of drug-likeness (QED) is 0.533. The molecule has 1 atom stereocenters. The SMILES string of the molecule is O=CC(OCO)c1ccccc1. The number of aliphatic hydroxyl groups is 1. The van der Waals surface area contributed by atoms with E-state index in [9.17, 15) is 4.79 Å². The Bertz CT molecular complexity index is 233. The van der Waals surface area contributed by atoms with Crippen LogP contribution in [0.25, 0.3) is 0 Å². The van der Waals surface area contributed by atoms with Gasteiger partial charge in [0.1, 0.15) is 12.9 Å². The zero-order valence-electron chi connectivity index (χ0n) is 6.51. The number of ether oxygens (including phenoxy) is 1. The number of aldehydes is 1. The molecule has 0 aromatic heterocycles. The number of rotatable bonds is 4. The number of carbonyl (C=O) groups excluding carboxylic acids is 1. The largest absolute Gasteiger partial charge is 0.371 e. The molecule has 1 aromatic carbocycles. The van der Waals surface area contributed by atoms with E-state index >= 15 is 0 Å². The number of hydrogen-bond acceptors (Lipinski definition) is 3. The van der Waals surface area contributed by atoms with Crippen LogP contribution in [-0.2, 0) is 9.53 Å². The van der Waals surface area contributed by atoms with Crippen LogP contribution < -0.4 is 0 Å². The second-order valence-corrected chi connectivity index (χ2v) is 2.26. The summed E-state index contributed by atoms with van der Waals surface area (Å²) in [7, 11) is 0. The number of carbonyl (C=O) groups is 1. The highest BCUT2D eigenvalue weighted by atomic mass is 16.6. The summed E-state index contributed by atoms with van der Waals surface area (Å²) in [5.41, 5.74) is 0.751. The molecule has 3 nitrogen and oxygen atoms in total. The maximum Gasteiger partial charge on any atom is 0.153 e. The van der Waals surface area contributed by atoms with Crippen LogP contribution in [0.15, 0.2) is 30.3 Å². The Labute approximate surface area is 70.6 Å². The average molecular weight is 166 g/mol. The highest BCUT2D eigenvalue weighted by molar-refractivity contribution is 5.59. The first-order chi connectivity index (χ1) is 5.88. The Kier molecular flexibility index (Phi) is 3.44. The average Bonchev–Trinajstić information content (AvgIpc) is 2.15. The lowest BCUT2D eigenvalue weighted by molar-refractivity contribution is -0.125. The van der Waals surface area contributed by atoms with E-state index < -0.39 is 12.9 Å². The molecular formula is C9H10O3. The zero-order chi connectivity index (χ0) is 8.81. The van der Waals surface area contributed by atoms with E-state index in [4.69, 9.17) is 9.84 Å². The highest BCUT2D eigenvalue weighted by Gasteiger charge is 2.08. The van der Waals surface area contributed by atoms with Gasteiger partial charge in [-0.05, 0) is 5.56 Å². The molecule has 0 radical (unpaired) electrons. The second-order valence-electron chi connectivity index (χ2n) is 2.26. The Balaban J connectivity index is 2.73. The van der Waals surface area contributed by atoms with Gasteiger partial charge in [-0.15, -0.1) is 0 Å². The number of hydrogen-bond donors (Lipinski definition) is 1. The third kappa shape index (κ3) is 2.15. The summed E-state index contributed by atoms with van der Waals surface area (Å²) in [5, 5.41) is 8.45. The summed E-state index contributed by atoms with van der Waals surface area (Å²) < 4.78 is 4.76. The van der Waals surface area contributed by atoms with Gasteiger partial charge in [0.2, 0.25) is 0 Å². The lowest BCUT2D eigenvalue weighted by Gasteiger charge is -2.08. The molecule has 1 rings (SSSR count). The van der Waals surface area contributed by atoms with Gasteiger partial charge in [0.15, 0.2) is 6.29 Å². The second kappa shape index (κ2) is 4.64. The number of benzene rings is 1. The van der Waals surface area contributed by atoms with E-state index in [0.29, 0.717) is 6.29 Å². The van der Waals surface area contributed by atoms with Crippen molar-refractivity contribution >= 4 is 6.29 Å². The van der Waals surface area contributed by atoms with Crippen molar-refractivity contribution in [3.63, 3.8) is 0 Å². The van der Waals surface area contributed by atoms with Gasteiger partial charge in [-0.1, -0.05) is 30.3 Å². The third-order valence-electron chi connectivity index (χ3n) is 1.51. The van der Waals surface area contributed by atoms with E-state index in [1.807, 2.05) is 18.2 Å². The molecule has 0 amide bonds. The molecule has 0 aliphatic heterocycles. The molecule has 1 aromatic rings. The van der Waals surface area contributed by atoms with Crippen molar-refractivity contribution in [2.45, 2.75) is 6.10 Å². The normalized spacial score (nSPS) is 12.4. The molecule has 1 N–H and O–H groups in total. The Morgan fingerprint density at radius 3 is 2.58 bits per heavy atom. The van der Waals surface area contributed by atoms with E-state index in [1.54, 1.807) is 12.1 Å². The molecular weight excluding hydrogens is 156 g/mol. The van der Waals surface area contributed by atoms with Crippen LogP contribution >= 0.6 is 0 Å². The van der Waals surface area contributed by atoms with E-state index in [0.717, 1.165) is 5.56 Å². The van der Waals surface area contributed by atoms with Crippen molar-refractivity contribution in [2.24, 2.45) is 0 Å². The van der Waals surface area contributed by atoms with Gasteiger partial charge in [0, 0.05) is 0 Å². The summed E-state index contributed by atoms with van der Waals surface area (Å²) in [5.74, 6) is 0. The van der Waals surface area contributed by atoms with Crippen molar-refractivity contribution in [1.29, 1.82) is 0 Å². The maximum atomic E-state index is 10.5. The van der Waals surface area contributed by atoms with Gasteiger partial charge in [0.05, 0.1) is 0 Å². The Hall–Kier alpha value is -1.19. The smallest absolute Gasteiger partial charge is 0.153 e. The fraction of sp³-hybridized carbons (Fsp3) is 0.222. The van der Waals surface area contributed by atoms with Crippen LogP contribution in [0.4, 0.5) is 0 Å². The van der Waals surface area contributed by atoms with Crippen molar-refractivity contribution in [1.82, 2.24) is 0 Å². The fourth-order valence-electron chi connectivity index (χ4n) is 0.937. The van der Waals surface area contributed by atoms with Crippen molar-refractivity contribution in [3.05, 3.63) is 35.9 Å². The predicted octanol–water partition coefficient (Wildman–Crippen LogP) is 0.893. The molecule has 12 heavy (non-hydrogen) atoms. The van der Waals surface area contributed by atoms with Gasteiger partial charge < -0.3 is 14.6 Å². The van der Waals surface area contributed by atoms with Crippen molar-refractivity contribution in [3.8, 4) is 0 Å². The van der Waals surface area contributed by atoms with Crippen molar-refractivity contribution in [2.75, 3.05) is 6.79 Å². The molecule has 64 valence electrons. The first-order valence-corrected chi connectivity index (χ1v) is 3.61. The maximum absolute atomic E-state index is 10.5. The van der Waals surface area contributed by atoms with Gasteiger partial charge >= 0.3 is 0 Å². The molecule has 0 heterocycles. The zero-order valence-corrected chi connectivity index (χ0v) is 6.51. The molecule has 0 spiro atoms. The summed E-state index contributed by atoms with van der Waals surface area (Å²) in [6.07, 6.45) is 0.00199. The monoisotopic (exact) mass is 166 g/mol. The van der Waals surface area contributed by atoms with Gasteiger partial charge in [0.25, 0.3) is 0 Å². The van der Waals surface area contributed by atoms with Crippen LogP contribution in [0.1, 0.15) is 11.7 Å². The highest BCUT2D eigenvalue weighted by Crippen LogP contribution is 2.13. The van der Waals surface area contributed by atoms with Gasteiger partial charge in [-0.2, -0.15) is 0 Å². The van der Waals surface area contributed by atoms with E-state index in [2.05, 4.69) is 0 Å². The summed E-state index contributed by atoms with van der Waals surface area (Å²) in [6, 6.07) is 9.02. The molecule has 0 saturated heterocycles. The van der Waals surface area contributed by atoms with Crippen LogP contribution in [0.2, 0.25) is 0 Å². The minimum Gasteiger partial charge on any atom is -0.371 e. The predicted molar refractivity (Wildman–Crippen MR) is 43.4 cm³/mol. The molecule has 0 fully saturated rings. The molecule has 0 bridgehead atoms. The molecule has 3 heteroatoms.